The summed E-state index contributed by atoms with van der Waals surface area (Å²) in [6.45, 7) is 4.92. The Morgan fingerprint density at radius 3 is 2.72 bits per heavy atom. The number of aryl methyl sites for hydroxylation is 2. The van der Waals surface area contributed by atoms with Crippen LogP contribution in [0.1, 0.15) is 28.1 Å². The summed E-state index contributed by atoms with van der Waals surface area (Å²) in [5.74, 6) is 1.69. The van der Waals surface area contributed by atoms with E-state index in [2.05, 4.69) is 10.2 Å². The Hall–Kier alpha value is -2.06. The van der Waals surface area contributed by atoms with Crippen molar-refractivity contribution < 1.29 is 17.9 Å². The molecule has 1 aromatic heterocycles. The lowest BCUT2D eigenvalue weighted by atomic mass is 9.99. The molecule has 134 valence electrons. The van der Waals surface area contributed by atoms with E-state index >= 15 is 0 Å². The quantitative estimate of drug-likeness (QED) is 0.894. The maximum absolute atomic E-state index is 13.0. The standard InChI is InChI=1S/C17H21N3O4S/c1-10-17(11(2)19-18-10)25(21,22)20(3)9-14-13-5-7-23-15(13)8-12-4-6-24-16(12)14/h8H,4-7,9H2,1-3H3,(H,18,19). The molecule has 25 heavy (non-hydrogen) atoms. The van der Waals surface area contributed by atoms with Gasteiger partial charge in [-0.1, -0.05) is 0 Å². The predicted octanol–water partition coefficient (Wildman–Crippen LogP) is 1.72. The van der Waals surface area contributed by atoms with Crippen molar-refractivity contribution >= 4 is 10.0 Å². The molecule has 2 aliphatic rings. The average molecular weight is 363 g/mol. The van der Waals surface area contributed by atoms with Crippen molar-refractivity contribution in [3.63, 3.8) is 0 Å². The highest BCUT2D eigenvalue weighted by Gasteiger charge is 2.32. The molecule has 0 aliphatic carbocycles. The maximum Gasteiger partial charge on any atom is 0.246 e. The lowest BCUT2D eigenvalue weighted by molar-refractivity contribution is 0.348. The minimum absolute atomic E-state index is 0.247. The van der Waals surface area contributed by atoms with Gasteiger partial charge in [0.2, 0.25) is 10.0 Å². The highest BCUT2D eigenvalue weighted by Crippen LogP contribution is 2.41. The molecule has 0 saturated carbocycles. The van der Waals surface area contributed by atoms with Gasteiger partial charge in [0.1, 0.15) is 16.4 Å². The van der Waals surface area contributed by atoms with Gasteiger partial charge in [-0.05, 0) is 19.9 Å². The number of fused-ring (bicyclic) bond motifs is 2. The smallest absolute Gasteiger partial charge is 0.246 e. The molecule has 0 spiro atoms. The van der Waals surface area contributed by atoms with Crippen LogP contribution < -0.4 is 9.47 Å². The van der Waals surface area contributed by atoms with E-state index < -0.39 is 10.0 Å². The van der Waals surface area contributed by atoms with Gasteiger partial charge in [-0.2, -0.15) is 9.40 Å². The Labute approximate surface area is 147 Å². The fraction of sp³-hybridized carbons (Fsp3) is 0.471. The third-order valence-electron chi connectivity index (χ3n) is 4.87. The van der Waals surface area contributed by atoms with Crippen LogP contribution in [-0.4, -0.2) is 43.2 Å². The van der Waals surface area contributed by atoms with Crippen LogP contribution >= 0.6 is 0 Å². The lowest BCUT2D eigenvalue weighted by Gasteiger charge is -2.20. The first-order valence-corrected chi connectivity index (χ1v) is 9.74. The predicted molar refractivity (Wildman–Crippen MR) is 91.6 cm³/mol. The van der Waals surface area contributed by atoms with Gasteiger partial charge < -0.3 is 9.47 Å². The third kappa shape index (κ3) is 2.51. The van der Waals surface area contributed by atoms with Gasteiger partial charge in [0.25, 0.3) is 0 Å². The molecule has 4 rings (SSSR count). The number of nitrogens with one attached hydrogen (secondary N) is 1. The van der Waals surface area contributed by atoms with E-state index in [0.29, 0.717) is 24.6 Å². The second-order valence-corrected chi connectivity index (χ2v) is 8.52. The summed E-state index contributed by atoms with van der Waals surface area (Å²) in [7, 11) is -2.05. The first kappa shape index (κ1) is 16.4. The molecule has 3 heterocycles. The van der Waals surface area contributed by atoms with E-state index in [0.717, 1.165) is 41.0 Å². The van der Waals surface area contributed by atoms with Gasteiger partial charge in [0, 0.05) is 43.1 Å². The Bertz CT molecular complexity index is 898. The van der Waals surface area contributed by atoms with Crippen LogP contribution in [0, 0.1) is 13.8 Å². The maximum atomic E-state index is 13.0. The van der Waals surface area contributed by atoms with Crippen molar-refractivity contribution in [3.05, 3.63) is 34.1 Å². The van der Waals surface area contributed by atoms with Gasteiger partial charge in [0.05, 0.1) is 24.6 Å². The fourth-order valence-electron chi connectivity index (χ4n) is 3.64. The molecule has 0 bridgehead atoms. The van der Waals surface area contributed by atoms with E-state index in [1.807, 2.05) is 6.07 Å². The van der Waals surface area contributed by atoms with Crippen molar-refractivity contribution in [2.45, 2.75) is 38.1 Å². The monoisotopic (exact) mass is 363 g/mol. The fourth-order valence-corrected chi connectivity index (χ4v) is 5.10. The molecule has 2 aliphatic heterocycles. The Balaban J connectivity index is 1.74. The minimum Gasteiger partial charge on any atom is -0.493 e. The number of hydrogen-bond acceptors (Lipinski definition) is 5. The Morgan fingerprint density at radius 1 is 1.24 bits per heavy atom. The third-order valence-corrected chi connectivity index (χ3v) is 6.94. The van der Waals surface area contributed by atoms with E-state index in [1.165, 1.54) is 4.31 Å². The topological polar surface area (TPSA) is 84.5 Å². The second kappa shape index (κ2) is 5.74. The number of aromatic nitrogens is 2. The van der Waals surface area contributed by atoms with Crippen LogP contribution in [0.4, 0.5) is 0 Å². The van der Waals surface area contributed by atoms with Crippen molar-refractivity contribution in [2.24, 2.45) is 0 Å². The number of rotatable bonds is 4. The average Bonchev–Trinajstić information content (AvgIpc) is 3.26. The molecule has 0 saturated heterocycles. The number of nitrogens with zero attached hydrogens (tertiary/aromatic N) is 2. The number of hydrogen-bond donors (Lipinski definition) is 1. The van der Waals surface area contributed by atoms with Crippen molar-refractivity contribution in [1.29, 1.82) is 0 Å². The summed E-state index contributed by atoms with van der Waals surface area (Å²) in [6.07, 6.45) is 1.61. The van der Waals surface area contributed by atoms with E-state index in [-0.39, 0.29) is 11.4 Å². The van der Waals surface area contributed by atoms with Crippen LogP contribution in [0.5, 0.6) is 11.5 Å². The number of aromatic amines is 1. The molecule has 1 aromatic carbocycles. The van der Waals surface area contributed by atoms with Gasteiger partial charge >= 0.3 is 0 Å². The van der Waals surface area contributed by atoms with Gasteiger partial charge in [-0.15, -0.1) is 0 Å². The number of benzene rings is 1. The van der Waals surface area contributed by atoms with Crippen LogP contribution in [0.25, 0.3) is 0 Å². The summed E-state index contributed by atoms with van der Waals surface area (Å²) >= 11 is 0. The van der Waals surface area contributed by atoms with E-state index in [9.17, 15) is 8.42 Å². The van der Waals surface area contributed by atoms with Gasteiger partial charge in [-0.25, -0.2) is 8.42 Å². The number of sulfonamides is 1. The van der Waals surface area contributed by atoms with E-state index in [4.69, 9.17) is 9.47 Å². The van der Waals surface area contributed by atoms with Crippen molar-refractivity contribution in [3.8, 4) is 11.5 Å². The zero-order chi connectivity index (χ0) is 17.8. The molecule has 0 fully saturated rings. The zero-order valence-electron chi connectivity index (χ0n) is 14.5. The first-order valence-electron chi connectivity index (χ1n) is 8.30. The SMILES string of the molecule is Cc1n[nH]c(C)c1S(=O)(=O)N(C)Cc1c2c(cc3c1OCC3)OCC2. The number of H-pyrrole nitrogens is 1. The second-order valence-electron chi connectivity index (χ2n) is 6.54. The highest BCUT2D eigenvalue weighted by atomic mass is 32.2. The molecule has 0 radical (unpaired) electrons. The summed E-state index contributed by atoms with van der Waals surface area (Å²) in [5.41, 5.74) is 4.10. The molecule has 0 atom stereocenters. The normalized spacial score (nSPS) is 15.8. The van der Waals surface area contributed by atoms with Gasteiger partial charge in [0.15, 0.2) is 0 Å². The Morgan fingerprint density at radius 2 is 2.00 bits per heavy atom. The molecule has 2 aromatic rings. The zero-order valence-corrected chi connectivity index (χ0v) is 15.4. The summed E-state index contributed by atoms with van der Waals surface area (Å²) in [4.78, 5) is 0.247. The molecular formula is C17H21N3O4S. The van der Waals surface area contributed by atoms with Gasteiger partial charge in [-0.3, -0.25) is 5.10 Å². The molecule has 1 N–H and O–H groups in total. The first-order chi connectivity index (χ1) is 11.9. The van der Waals surface area contributed by atoms with Crippen LogP contribution in [0.3, 0.4) is 0 Å². The molecule has 0 unspecified atom stereocenters. The van der Waals surface area contributed by atoms with Crippen molar-refractivity contribution in [1.82, 2.24) is 14.5 Å². The Kier molecular flexibility index (Phi) is 3.77. The van der Waals surface area contributed by atoms with Crippen molar-refractivity contribution in [2.75, 3.05) is 20.3 Å². The van der Waals surface area contributed by atoms with E-state index in [1.54, 1.807) is 20.9 Å². The minimum atomic E-state index is -3.65. The molecular weight excluding hydrogens is 342 g/mol. The molecule has 8 heteroatoms. The highest BCUT2D eigenvalue weighted by molar-refractivity contribution is 7.89. The molecule has 7 nitrogen and oxygen atoms in total. The largest absolute Gasteiger partial charge is 0.493 e. The molecule has 0 amide bonds. The lowest BCUT2D eigenvalue weighted by Crippen LogP contribution is -2.28. The number of ether oxygens (including phenoxy) is 2. The summed E-state index contributed by atoms with van der Waals surface area (Å²) in [5, 5.41) is 6.76. The van der Waals surface area contributed by atoms with Crippen LogP contribution in [0.2, 0.25) is 0 Å². The van der Waals surface area contributed by atoms with Crippen LogP contribution in [-0.2, 0) is 29.4 Å². The van der Waals surface area contributed by atoms with Crippen LogP contribution in [0.15, 0.2) is 11.0 Å². The summed E-state index contributed by atoms with van der Waals surface area (Å²) < 4.78 is 39.0. The summed E-state index contributed by atoms with van der Waals surface area (Å²) in [6, 6.07) is 2.03.